The summed E-state index contributed by atoms with van der Waals surface area (Å²) in [6.07, 6.45) is 1.03. The summed E-state index contributed by atoms with van der Waals surface area (Å²) in [6.45, 7) is 0.846. The highest BCUT2D eigenvalue weighted by Gasteiger charge is 2.12. The average molecular weight is 359 g/mol. The van der Waals surface area contributed by atoms with E-state index in [1.165, 1.54) is 0 Å². The number of hydrogen-bond acceptors (Lipinski definition) is 5. The van der Waals surface area contributed by atoms with Gasteiger partial charge in [0.25, 0.3) is 0 Å². The molecule has 0 unspecified atom stereocenters. The number of para-hydroxylation sites is 1. The quantitative estimate of drug-likeness (QED) is 0.660. The largest absolute Gasteiger partial charge is 0.496 e. The smallest absolute Gasteiger partial charge is 0.220 e. The van der Waals surface area contributed by atoms with Crippen LogP contribution >= 0.6 is 0 Å². The van der Waals surface area contributed by atoms with Crippen LogP contribution in [-0.4, -0.2) is 33.8 Å². The van der Waals surface area contributed by atoms with E-state index in [2.05, 4.69) is 5.32 Å². The van der Waals surface area contributed by atoms with Gasteiger partial charge in [0, 0.05) is 24.6 Å². The Morgan fingerprint density at radius 3 is 2.23 bits per heavy atom. The zero-order valence-corrected chi connectivity index (χ0v) is 15.4. The predicted molar refractivity (Wildman–Crippen MR) is 99.1 cm³/mol. The number of nitrogens with one attached hydrogen (secondary N) is 1. The van der Waals surface area contributed by atoms with Crippen molar-refractivity contribution in [3.05, 3.63) is 48.0 Å². The predicted octanol–water partition coefficient (Wildman–Crippen LogP) is 3.19. The van der Waals surface area contributed by atoms with Crippen LogP contribution < -0.4 is 24.3 Å². The minimum Gasteiger partial charge on any atom is -0.496 e. The van der Waals surface area contributed by atoms with Crippen molar-refractivity contribution in [2.75, 3.05) is 27.9 Å². The summed E-state index contributed by atoms with van der Waals surface area (Å²) >= 11 is 0. The normalized spacial score (nSPS) is 10.1. The fourth-order valence-corrected chi connectivity index (χ4v) is 2.45. The lowest BCUT2D eigenvalue weighted by atomic mass is 10.1. The van der Waals surface area contributed by atoms with E-state index in [9.17, 15) is 4.79 Å². The average Bonchev–Trinajstić information content (AvgIpc) is 2.69. The van der Waals surface area contributed by atoms with Crippen LogP contribution in [0.3, 0.4) is 0 Å². The van der Waals surface area contributed by atoms with Crippen LogP contribution in [-0.2, 0) is 11.3 Å². The molecule has 0 aliphatic rings. The minimum absolute atomic E-state index is 0.0431. The van der Waals surface area contributed by atoms with Crippen LogP contribution in [0.5, 0.6) is 23.0 Å². The van der Waals surface area contributed by atoms with Crippen molar-refractivity contribution < 1.29 is 23.7 Å². The summed E-state index contributed by atoms with van der Waals surface area (Å²) in [5.41, 5.74) is 0.819. The topological polar surface area (TPSA) is 66.0 Å². The molecule has 0 aliphatic carbocycles. The number of hydrogen-bond donors (Lipinski definition) is 1. The Labute approximate surface area is 154 Å². The van der Waals surface area contributed by atoms with Gasteiger partial charge in [-0.3, -0.25) is 4.79 Å². The van der Waals surface area contributed by atoms with Gasteiger partial charge in [-0.2, -0.15) is 0 Å². The lowest BCUT2D eigenvalue weighted by Gasteiger charge is -2.14. The Hall–Kier alpha value is -2.89. The highest BCUT2D eigenvalue weighted by molar-refractivity contribution is 5.76. The fraction of sp³-hybridized carbons (Fsp3) is 0.350. The fourth-order valence-electron chi connectivity index (χ4n) is 2.45. The first-order valence-corrected chi connectivity index (χ1v) is 8.41. The molecule has 0 atom stereocenters. The molecule has 1 amide bonds. The molecule has 1 N–H and O–H groups in total. The molecule has 0 heterocycles. The molecule has 2 rings (SSSR count). The second kappa shape index (κ2) is 10.2. The van der Waals surface area contributed by atoms with Gasteiger partial charge in [-0.1, -0.05) is 18.2 Å². The molecule has 0 aromatic heterocycles. The summed E-state index contributed by atoms with van der Waals surface area (Å²) in [5.74, 6) is 2.57. The maximum Gasteiger partial charge on any atom is 0.220 e. The number of amides is 1. The first-order chi connectivity index (χ1) is 12.7. The van der Waals surface area contributed by atoms with E-state index in [1.807, 2.05) is 30.3 Å². The number of carbonyl (C=O) groups is 1. The molecule has 2 aromatic carbocycles. The van der Waals surface area contributed by atoms with E-state index >= 15 is 0 Å². The Morgan fingerprint density at radius 1 is 0.923 bits per heavy atom. The minimum atomic E-state index is -0.0431. The van der Waals surface area contributed by atoms with Crippen LogP contribution in [0.1, 0.15) is 18.4 Å². The molecule has 2 aromatic rings. The van der Waals surface area contributed by atoms with Crippen LogP contribution in [0.4, 0.5) is 0 Å². The molecule has 140 valence electrons. The van der Waals surface area contributed by atoms with Gasteiger partial charge in [-0.05, 0) is 24.6 Å². The third-order valence-corrected chi connectivity index (χ3v) is 3.82. The Kier molecular flexibility index (Phi) is 7.61. The lowest BCUT2D eigenvalue weighted by Crippen LogP contribution is -2.23. The molecule has 6 nitrogen and oxygen atoms in total. The standard InChI is InChI=1S/C20H25NO5/c1-23-17-13-19(25-3)18(24-2)12-15(17)14-21-20(22)10-7-11-26-16-8-5-4-6-9-16/h4-6,8-9,12-13H,7,10-11,14H2,1-3H3,(H,21,22). The molecule has 6 heteroatoms. The number of methoxy groups -OCH3 is 3. The molecular weight excluding hydrogens is 334 g/mol. The summed E-state index contributed by atoms with van der Waals surface area (Å²) in [5, 5.41) is 2.89. The highest BCUT2D eigenvalue weighted by Crippen LogP contribution is 2.34. The molecule has 0 radical (unpaired) electrons. The van der Waals surface area contributed by atoms with Gasteiger partial charge in [-0.15, -0.1) is 0 Å². The van der Waals surface area contributed by atoms with Crippen molar-refractivity contribution in [2.24, 2.45) is 0 Å². The second-order valence-electron chi connectivity index (χ2n) is 5.56. The second-order valence-corrected chi connectivity index (χ2v) is 5.56. The van der Waals surface area contributed by atoms with E-state index in [4.69, 9.17) is 18.9 Å². The SMILES string of the molecule is COc1cc(OC)c(OC)cc1CNC(=O)CCCOc1ccccc1. The maximum absolute atomic E-state index is 12.0. The zero-order chi connectivity index (χ0) is 18.8. The van der Waals surface area contributed by atoms with Crippen molar-refractivity contribution in [2.45, 2.75) is 19.4 Å². The third-order valence-electron chi connectivity index (χ3n) is 3.82. The van der Waals surface area contributed by atoms with Crippen molar-refractivity contribution in [3.63, 3.8) is 0 Å². The van der Waals surface area contributed by atoms with Crippen LogP contribution in [0.15, 0.2) is 42.5 Å². The lowest BCUT2D eigenvalue weighted by molar-refractivity contribution is -0.121. The first-order valence-electron chi connectivity index (χ1n) is 8.41. The van der Waals surface area contributed by atoms with E-state index in [1.54, 1.807) is 33.5 Å². The number of ether oxygens (including phenoxy) is 4. The van der Waals surface area contributed by atoms with Crippen molar-refractivity contribution >= 4 is 5.91 Å². The van der Waals surface area contributed by atoms with Gasteiger partial charge in [0.2, 0.25) is 5.91 Å². The molecule has 0 fully saturated rings. The molecule has 0 spiro atoms. The van der Waals surface area contributed by atoms with Crippen molar-refractivity contribution in [1.82, 2.24) is 5.32 Å². The van der Waals surface area contributed by atoms with E-state index in [-0.39, 0.29) is 5.91 Å². The van der Waals surface area contributed by atoms with E-state index in [0.717, 1.165) is 11.3 Å². The summed E-state index contributed by atoms with van der Waals surface area (Å²) in [6, 6.07) is 13.1. The summed E-state index contributed by atoms with van der Waals surface area (Å²) in [7, 11) is 4.71. The molecular formula is C20H25NO5. The molecule has 0 aliphatic heterocycles. The first kappa shape index (κ1) is 19.4. The van der Waals surface area contributed by atoms with Crippen LogP contribution in [0.25, 0.3) is 0 Å². The summed E-state index contributed by atoms with van der Waals surface area (Å²) in [4.78, 5) is 12.0. The number of carbonyl (C=O) groups excluding carboxylic acids is 1. The Balaban J connectivity index is 1.81. The monoisotopic (exact) mass is 359 g/mol. The van der Waals surface area contributed by atoms with Crippen molar-refractivity contribution in [3.8, 4) is 23.0 Å². The van der Waals surface area contributed by atoms with Gasteiger partial charge in [0.15, 0.2) is 11.5 Å². The van der Waals surface area contributed by atoms with Crippen molar-refractivity contribution in [1.29, 1.82) is 0 Å². The van der Waals surface area contributed by atoms with Crippen LogP contribution in [0.2, 0.25) is 0 Å². The summed E-state index contributed by atoms with van der Waals surface area (Å²) < 4.78 is 21.5. The highest BCUT2D eigenvalue weighted by atomic mass is 16.5. The van der Waals surface area contributed by atoms with E-state index < -0.39 is 0 Å². The van der Waals surface area contributed by atoms with Crippen LogP contribution in [0, 0.1) is 0 Å². The Bertz CT molecular complexity index is 703. The third kappa shape index (κ3) is 5.58. The number of rotatable bonds is 10. The maximum atomic E-state index is 12.0. The Morgan fingerprint density at radius 2 is 1.58 bits per heavy atom. The molecule has 0 bridgehead atoms. The van der Waals surface area contributed by atoms with E-state index in [0.29, 0.717) is 43.2 Å². The number of benzene rings is 2. The molecule has 26 heavy (non-hydrogen) atoms. The van der Waals surface area contributed by atoms with Gasteiger partial charge >= 0.3 is 0 Å². The molecule has 0 saturated heterocycles. The van der Waals surface area contributed by atoms with Gasteiger partial charge in [-0.25, -0.2) is 0 Å². The van der Waals surface area contributed by atoms with Gasteiger partial charge in [0.1, 0.15) is 11.5 Å². The van der Waals surface area contributed by atoms with Gasteiger partial charge < -0.3 is 24.3 Å². The molecule has 0 saturated carbocycles. The zero-order valence-electron chi connectivity index (χ0n) is 15.4. The van der Waals surface area contributed by atoms with Gasteiger partial charge in [0.05, 0.1) is 27.9 Å².